The highest BCUT2D eigenvalue weighted by Gasteiger charge is 2.19. The van der Waals surface area contributed by atoms with Crippen molar-refractivity contribution in [3.05, 3.63) is 63.2 Å². The highest BCUT2D eigenvalue weighted by atomic mass is 16.6. The first kappa shape index (κ1) is 17.3. The Balaban J connectivity index is 2.21. The minimum atomic E-state index is -0.638. The van der Waals surface area contributed by atoms with Crippen molar-refractivity contribution in [2.45, 2.75) is 13.5 Å². The molecule has 2 aromatic carbocycles. The molecule has 2 rings (SSSR count). The number of nitrogens with zero attached hydrogens (tertiary/aromatic N) is 1. The van der Waals surface area contributed by atoms with Crippen LogP contribution in [0.3, 0.4) is 0 Å². The molecule has 0 aliphatic carbocycles. The molecule has 126 valence electrons. The molecule has 0 spiro atoms. The molecule has 0 amide bonds. The first-order valence-corrected chi connectivity index (χ1v) is 7.10. The molecular formula is C17H17NO6. The van der Waals surface area contributed by atoms with E-state index in [1.54, 1.807) is 18.2 Å². The molecule has 0 bridgehead atoms. The quantitative estimate of drug-likeness (QED) is 0.458. The fourth-order valence-corrected chi connectivity index (χ4v) is 2.33. The number of ether oxygens (including phenoxy) is 3. The Bertz CT molecular complexity index is 772. The van der Waals surface area contributed by atoms with E-state index in [0.29, 0.717) is 17.1 Å². The fourth-order valence-electron chi connectivity index (χ4n) is 2.33. The summed E-state index contributed by atoms with van der Waals surface area (Å²) in [6, 6.07) is 9.52. The van der Waals surface area contributed by atoms with Gasteiger partial charge in [0.1, 0.15) is 6.61 Å². The van der Waals surface area contributed by atoms with Crippen LogP contribution in [0.25, 0.3) is 0 Å². The Labute approximate surface area is 138 Å². The van der Waals surface area contributed by atoms with Gasteiger partial charge in [-0.15, -0.1) is 0 Å². The molecule has 2 aromatic rings. The van der Waals surface area contributed by atoms with Crippen molar-refractivity contribution >= 4 is 11.7 Å². The van der Waals surface area contributed by atoms with Crippen LogP contribution in [-0.4, -0.2) is 25.1 Å². The van der Waals surface area contributed by atoms with Crippen LogP contribution in [-0.2, 0) is 11.3 Å². The number of methoxy groups -OCH3 is 2. The zero-order chi connectivity index (χ0) is 17.7. The van der Waals surface area contributed by atoms with Crippen molar-refractivity contribution in [1.29, 1.82) is 0 Å². The van der Waals surface area contributed by atoms with Crippen molar-refractivity contribution in [1.82, 2.24) is 0 Å². The molecule has 0 heterocycles. The topological polar surface area (TPSA) is 87.9 Å². The van der Waals surface area contributed by atoms with Crippen LogP contribution in [0.5, 0.6) is 11.5 Å². The molecule has 0 fully saturated rings. The predicted molar refractivity (Wildman–Crippen MR) is 86.5 cm³/mol. The first-order chi connectivity index (χ1) is 11.5. The van der Waals surface area contributed by atoms with Crippen LogP contribution < -0.4 is 9.47 Å². The van der Waals surface area contributed by atoms with Crippen LogP contribution in [0.1, 0.15) is 21.5 Å². The molecule has 24 heavy (non-hydrogen) atoms. The number of para-hydroxylation sites is 1. The average Bonchev–Trinajstić information content (AvgIpc) is 2.58. The van der Waals surface area contributed by atoms with E-state index < -0.39 is 10.9 Å². The van der Waals surface area contributed by atoms with Gasteiger partial charge in [-0.1, -0.05) is 18.2 Å². The summed E-state index contributed by atoms with van der Waals surface area (Å²) in [7, 11) is 3.01. The van der Waals surface area contributed by atoms with Gasteiger partial charge in [0, 0.05) is 17.2 Å². The molecule has 0 aromatic heterocycles. The molecule has 0 aliphatic heterocycles. The number of benzene rings is 2. The third-order valence-corrected chi connectivity index (χ3v) is 3.57. The molecule has 0 radical (unpaired) electrons. The molecule has 0 saturated carbocycles. The smallest absolute Gasteiger partial charge is 0.338 e. The zero-order valence-corrected chi connectivity index (χ0v) is 13.6. The Morgan fingerprint density at radius 2 is 1.83 bits per heavy atom. The molecule has 0 atom stereocenters. The Morgan fingerprint density at radius 3 is 2.46 bits per heavy atom. The highest BCUT2D eigenvalue weighted by Crippen LogP contribution is 2.31. The number of nitro benzene ring substituents is 1. The minimum Gasteiger partial charge on any atom is -0.493 e. The molecule has 0 aliphatic rings. The maximum Gasteiger partial charge on any atom is 0.338 e. The zero-order valence-electron chi connectivity index (χ0n) is 13.6. The second kappa shape index (κ2) is 7.45. The lowest BCUT2D eigenvalue weighted by Gasteiger charge is -2.13. The van der Waals surface area contributed by atoms with E-state index in [-0.39, 0.29) is 23.4 Å². The van der Waals surface area contributed by atoms with Crippen molar-refractivity contribution in [2.24, 2.45) is 0 Å². The van der Waals surface area contributed by atoms with E-state index in [9.17, 15) is 14.9 Å². The predicted octanol–water partition coefficient (Wildman–Crippen LogP) is 3.28. The second-order valence-corrected chi connectivity index (χ2v) is 4.94. The summed E-state index contributed by atoms with van der Waals surface area (Å²) in [4.78, 5) is 22.7. The van der Waals surface area contributed by atoms with E-state index in [4.69, 9.17) is 14.2 Å². The number of esters is 1. The average molecular weight is 331 g/mol. The van der Waals surface area contributed by atoms with E-state index >= 15 is 0 Å². The summed E-state index contributed by atoms with van der Waals surface area (Å²) < 4.78 is 15.7. The first-order valence-electron chi connectivity index (χ1n) is 7.10. The number of rotatable bonds is 6. The van der Waals surface area contributed by atoms with Crippen LogP contribution >= 0.6 is 0 Å². The van der Waals surface area contributed by atoms with Crippen molar-refractivity contribution in [3.8, 4) is 11.5 Å². The summed E-state index contributed by atoms with van der Waals surface area (Å²) >= 11 is 0. The van der Waals surface area contributed by atoms with Gasteiger partial charge in [0.2, 0.25) is 0 Å². The van der Waals surface area contributed by atoms with Gasteiger partial charge < -0.3 is 14.2 Å². The number of hydrogen-bond acceptors (Lipinski definition) is 6. The number of nitro groups is 1. The molecule has 0 N–H and O–H groups in total. The Kier molecular flexibility index (Phi) is 5.36. The van der Waals surface area contributed by atoms with Gasteiger partial charge in [0.05, 0.1) is 24.7 Å². The van der Waals surface area contributed by atoms with Gasteiger partial charge >= 0.3 is 5.97 Å². The molecule has 0 saturated heterocycles. The molecular weight excluding hydrogens is 314 g/mol. The number of hydrogen-bond donors (Lipinski definition) is 0. The normalized spacial score (nSPS) is 10.1. The fraction of sp³-hybridized carbons (Fsp3) is 0.235. The third kappa shape index (κ3) is 3.45. The second-order valence-electron chi connectivity index (χ2n) is 4.94. The Morgan fingerprint density at radius 1 is 1.12 bits per heavy atom. The lowest BCUT2D eigenvalue weighted by atomic mass is 10.1. The standard InChI is InChI=1S/C17H17NO6/c1-11-13(7-5-8-14(11)18(20)21)17(19)24-10-12-6-4-9-15(22-2)16(12)23-3/h4-9H,10H2,1-3H3. The number of carbonyl (C=O) groups is 1. The third-order valence-electron chi connectivity index (χ3n) is 3.57. The van der Waals surface area contributed by atoms with Gasteiger partial charge in [-0.05, 0) is 19.1 Å². The highest BCUT2D eigenvalue weighted by molar-refractivity contribution is 5.92. The van der Waals surface area contributed by atoms with E-state index in [0.717, 1.165) is 0 Å². The Hall–Kier alpha value is -3.09. The lowest BCUT2D eigenvalue weighted by molar-refractivity contribution is -0.385. The molecule has 0 unspecified atom stereocenters. The number of carbonyl (C=O) groups excluding carboxylic acids is 1. The van der Waals surface area contributed by atoms with Gasteiger partial charge in [-0.3, -0.25) is 10.1 Å². The summed E-state index contributed by atoms with van der Waals surface area (Å²) in [6.45, 7) is 1.47. The van der Waals surface area contributed by atoms with E-state index in [2.05, 4.69) is 0 Å². The summed E-state index contributed by atoms with van der Waals surface area (Å²) in [5.41, 5.74) is 0.938. The van der Waals surface area contributed by atoms with Gasteiger partial charge in [-0.25, -0.2) is 4.79 Å². The maximum atomic E-state index is 12.3. The van der Waals surface area contributed by atoms with Gasteiger partial charge in [-0.2, -0.15) is 0 Å². The molecule has 7 heteroatoms. The van der Waals surface area contributed by atoms with Gasteiger partial charge in [0.15, 0.2) is 11.5 Å². The van der Waals surface area contributed by atoms with Crippen molar-refractivity contribution < 1.29 is 23.9 Å². The van der Waals surface area contributed by atoms with Crippen molar-refractivity contribution in [2.75, 3.05) is 14.2 Å². The van der Waals surface area contributed by atoms with E-state index in [1.807, 2.05) is 0 Å². The summed E-state index contributed by atoms with van der Waals surface area (Å²) in [5.74, 6) is 0.363. The van der Waals surface area contributed by atoms with Crippen LogP contribution in [0.2, 0.25) is 0 Å². The van der Waals surface area contributed by atoms with Crippen LogP contribution in [0.4, 0.5) is 5.69 Å². The summed E-state index contributed by atoms with van der Waals surface area (Å²) in [5, 5.41) is 11.0. The van der Waals surface area contributed by atoms with Crippen LogP contribution in [0, 0.1) is 17.0 Å². The monoisotopic (exact) mass is 331 g/mol. The van der Waals surface area contributed by atoms with E-state index in [1.165, 1.54) is 39.3 Å². The van der Waals surface area contributed by atoms with Gasteiger partial charge in [0.25, 0.3) is 5.69 Å². The minimum absolute atomic E-state index is 0.0403. The molecule has 7 nitrogen and oxygen atoms in total. The summed E-state index contributed by atoms with van der Waals surface area (Å²) in [6.07, 6.45) is 0. The van der Waals surface area contributed by atoms with Crippen LogP contribution in [0.15, 0.2) is 36.4 Å². The maximum absolute atomic E-state index is 12.3. The SMILES string of the molecule is COc1cccc(COC(=O)c2cccc([N+](=O)[O-])c2C)c1OC. The largest absolute Gasteiger partial charge is 0.493 e. The lowest BCUT2D eigenvalue weighted by Crippen LogP contribution is -2.09. The van der Waals surface area contributed by atoms with Crippen molar-refractivity contribution in [3.63, 3.8) is 0 Å².